The number of nitrogens with zero attached hydrogens (tertiary/aromatic N) is 1. The molecule has 0 spiro atoms. The third-order valence-electron chi connectivity index (χ3n) is 4.79. The van der Waals surface area contributed by atoms with E-state index in [1.54, 1.807) is 19.1 Å². The summed E-state index contributed by atoms with van der Waals surface area (Å²) in [5, 5.41) is 4.33. The minimum Gasteiger partial charge on any atom is -0.347 e. The van der Waals surface area contributed by atoms with Crippen molar-refractivity contribution in [3.8, 4) is 0 Å². The van der Waals surface area contributed by atoms with Gasteiger partial charge in [-0.25, -0.2) is 0 Å². The van der Waals surface area contributed by atoms with Gasteiger partial charge in [0.1, 0.15) is 0 Å². The summed E-state index contributed by atoms with van der Waals surface area (Å²) in [7, 11) is 0. The van der Waals surface area contributed by atoms with Crippen LogP contribution in [-0.4, -0.2) is 23.9 Å². The van der Waals surface area contributed by atoms with Gasteiger partial charge in [-0.15, -0.1) is 0 Å². The Labute approximate surface area is 158 Å². The van der Waals surface area contributed by atoms with E-state index in [0.29, 0.717) is 16.6 Å². The molecule has 131 valence electrons. The third kappa shape index (κ3) is 4.17. The Morgan fingerprint density at radius 2 is 1.88 bits per heavy atom. The van der Waals surface area contributed by atoms with Gasteiger partial charge in [0.05, 0.1) is 15.6 Å². The molecule has 1 saturated heterocycles. The number of amides is 1. The van der Waals surface area contributed by atoms with Crippen molar-refractivity contribution in [2.75, 3.05) is 13.1 Å². The van der Waals surface area contributed by atoms with Gasteiger partial charge in [0.25, 0.3) is 0 Å². The van der Waals surface area contributed by atoms with Gasteiger partial charge in [0.15, 0.2) is 0 Å². The highest BCUT2D eigenvalue weighted by molar-refractivity contribution is 6.42. The number of carbonyl (C=O) groups excluding carboxylic acids is 1. The molecule has 1 heterocycles. The number of carbonyl (C=O) groups is 1. The highest BCUT2D eigenvalue weighted by atomic mass is 35.5. The van der Waals surface area contributed by atoms with Crippen molar-refractivity contribution in [1.82, 2.24) is 10.2 Å². The first-order valence-electron chi connectivity index (χ1n) is 8.41. The summed E-state index contributed by atoms with van der Waals surface area (Å²) >= 11 is 12.4. The summed E-state index contributed by atoms with van der Waals surface area (Å²) in [6.45, 7) is 4.03. The fourth-order valence-electron chi connectivity index (χ4n) is 3.51. The smallest absolute Gasteiger partial charge is 0.217 e. The van der Waals surface area contributed by atoms with Crippen molar-refractivity contribution >= 4 is 29.1 Å². The largest absolute Gasteiger partial charge is 0.347 e. The molecule has 25 heavy (non-hydrogen) atoms. The Kier molecular flexibility index (Phi) is 5.67. The number of hydrogen-bond donors (Lipinski definition) is 1. The molecule has 0 bridgehead atoms. The number of halogens is 2. The fourth-order valence-corrected chi connectivity index (χ4v) is 3.86. The van der Waals surface area contributed by atoms with Gasteiger partial charge in [-0.2, -0.15) is 0 Å². The fraction of sp³-hybridized carbons (Fsp3) is 0.350. The van der Waals surface area contributed by atoms with Crippen molar-refractivity contribution in [2.45, 2.75) is 31.8 Å². The highest BCUT2D eigenvalue weighted by Gasteiger charge is 2.36. The lowest BCUT2D eigenvalue weighted by Gasteiger charge is -2.42. The van der Waals surface area contributed by atoms with Crippen LogP contribution in [0.5, 0.6) is 0 Å². The normalized spacial score (nSPS) is 17.2. The Morgan fingerprint density at radius 1 is 1.20 bits per heavy atom. The topological polar surface area (TPSA) is 32.3 Å². The molecule has 1 amide bonds. The summed E-state index contributed by atoms with van der Waals surface area (Å²) in [6.07, 6.45) is 1.71. The predicted octanol–water partition coefficient (Wildman–Crippen LogP) is 4.42. The summed E-state index contributed by atoms with van der Waals surface area (Å²) in [4.78, 5) is 14.1. The van der Waals surface area contributed by atoms with Crippen LogP contribution < -0.4 is 5.32 Å². The number of hydrogen-bond acceptors (Lipinski definition) is 2. The lowest BCUT2D eigenvalue weighted by atomic mass is 9.80. The Balaban J connectivity index is 1.74. The monoisotopic (exact) mass is 375 g/mol. The molecular weight excluding hydrogens is 355 g/mol. The quantitative estimate of drug-likeness (QED) is 0.857. The zero-order chi connectivity index (χ0) is 17.9. The lowest BCUT2D eigenvalue weighted by Crippen LogP contribution is -2.52. The Bertz CT molecular complexity index is 741. The summed E-state index contributed by atoms with van der Waals surface area (Å²) in [6, 6.07) is 17.0. The van der Waals surface area contributed by atoms with Crippen molar-refractivity contribution < 1.29 is 4.79 Å². The Morgan fingerprint density at radius 3 is 2.52 bits per heavy atom. The lowest BCUT2D eigenvalue weighted by molar-refractivity contribution is -0.121. The molecule has 1 fully saturated rings. The van der Waals surface area contributed by atoms with E-state index in [1.807, 2.05) is 18.2 Å². The van der Waals surface area contributed by atoms with Crippen LogP contribution in [0, 0.1) is 6.07 Å². The van der Waals surface area contributed by atoms with Crippen molar-refractivity contribution in [2.24, 2.45) is 0 Å². The molecule has 2 aromatic rings. The molecule has 3 nitrogen and oxygen atoms in total. The third-order valence-corrected chi connectivity index (χ3v) is 5.64. The minimum atomic E-state index is -0.300. The predicted molar refractivity (Wildman–Crippen MR) is 102 cm³/mol. The number of piperidine rings is 1. The molecule has 1 N–H and O–H groups in total. The second-order valence-corrected chi connectivity index (χ2v) is 7.31. The van der Waals surface area contributed by atoms with E-state index in [1.165, 1.54) is 0 Å². The molecule has 1 aliphatic heterocycles. The van der Waals surface area contributed by atoms with E-state index in [4.69, 9.17) is 23.2 Å². The van der Waals surface area contributed by atoms with Gasteiger partial charge in [-0.1, -0.05) is 59.6 Å². The molecule has 0 atom stereocenters. The zero-order valence-electron chi connectivity index (χ0n) is 14.2. The van der Waals surface area contributed by atoms with E-state index in [0.717, 1.165) is 37.1 Å². The minimum absolute atomic E-state index is 0.00326. The maximum atomic E-state index is 11.8. The maximum Gasteiger partial charge on any atom is 0.217 e. The van der Waals surface area contributed by atoms with E-state index in [-0.39, 0.29) is 11.4 Å². The van der Waals surface area contributed by atoms with Crippen molar-refractivity contribution in [1.29, 1.82) is 0 Å². The van der Waals surface area contributed by atoms with Gasteiger partial charge >= 0.3 is 0 Å². The molecule has 2 aromatic carbocycles. The molecule has 0 unspecified atom stereocenters. The molecule has 0 saturated carbocycles. The van der Waals surface area contributed by atoms with Gasteiger partial charge in [-0.3, -0.25) is 9.69 Å². The van der Waals surface area contributed by atoms with Crippen LogP contribution in [0.4, 0.5) is 0 Å². The van der Waals surface area contributed by atoms with E-state index in [2.05, 4.69) is 28.4 Å². The van der Waals surface area contributed by atoms with E-state index in [9.17, 15) is 4.79 Å². The van der Waals surface area contributed by atoms with Crippen LogP contribution in [0.15, 0.2) is 42.5 Å². The Hall–Kier alpha value is -1.55. The first-order valence-corrected chi connectivity index (χ1v) is 9.17. The van der Waals surface area contributed by atoms with E-state index >= 15 is 0 Å². The van der Waals surface area contributed by atoms with Crippen LogP contribution in [0.1, 0.15) is 30.9 Å². The molecule has 5 heteroatoms. The summed E-state index contributed by atoms with van der Waals surface area (Å²) in [5.74, 6) is 0.00326. The van der Waals surface area contributed by atoms with Crippen LogP contribution in [0.25, 0.3) is 0 Å². The number of nitrogens with one attached hydrogen (secondary N) is 1. The van der Waals surface area contributed by atoms with Crippen LogP contribution >= 0.6 is 23.2 Å². The average molecular weight is 376 g/mol. The maximum absolute atomic E-state index is 11.8. The molecular formula is C20H21Cl2N2O. The molecule has 1 radical (unpaired) electrons. The van der Waals surface area contributed by atoms with Crippen molar-refractivity contribution in [3.63, 3.8) is 0 Å². The van der Waals surface area contributed by atoms with Crippen molar-refractivity contribution in [3.05, 3.63) is 69.7 Å². The molecule has 0 aromatic heterocycles. The first kappa shape index (κ1) is 18.2. The van der Waals surface area contributed by atoms with Gasteiger partial charge in [0, 0.05) is 26.6 Å². The molecule has 1 aliphatic rings. The van der Waals surface area contributed by atoms with Crippen LogP contribution in [0.2, 0.25) is 10.0 Å². The first-order chi connectivity index (χ1) is 12.0. The highest BCUT2D eigenvalue weighted by Crippen LogP contribution is 2.34. The van der Waals surface area contributed by atoms with Crippen LogP contribution in [-0.2, 0) is 16.9 Å². The average Bonchev–Trinajstić information content (AvgIpc) is 2.61. The number of benzene rings is 2. The number of likely N-dealkylation sites (tertiary alicyclic amines) is 1. The standard InChI is InChI=1S/C20H21Cl2N2O/c1-15(25)23-20(17-7-3-2-4-8-17)10-12-24(13-11-20)14-16-6-5-9-18(21)19(16)22/h2-5,7-9H,10-14H2,1H3,(H,23,25). The van der Waals surface area contributed by atoms with E-state index < -0.39 is 0 Å². The SMILES string of the molecule is CC(=O)NC1(c2ccccc2)CCN(Cc2[c]ccc(Cl)c2Cl)CC1. The zero-order valence-corrected chi connectivity index (χ0v) is 15.7. The van der Waals surface area contributed by atoms with Gasteiger partial charge < -0.3 is 5.32 Å². The number of rotatable bonds is 4. The van der Waals surface area contributed by atoms with Gasteiger partial charge in [0.2, 0.25) is 5.91 Å². The van der Waals surface area contributed by atoms with Gasteiger partial charge in [-0.05, 0) is 36.1 Å². The second kappa shape index (κ2) is 7.77. The molecule has 3 rings (SSSR count). The second-order valence-electron chi connectivity index (χ2n) is 6.52. The summed E-state index contributed by atoms with van der Waals surface area (Å²) in [5.41, 5.74) is 1.78. The molecule has 0 aliphatic carbocycles. The summed E-state index contributed by atoms with van der Waals surface area (Å²) < 4.78 is 0. The van der Waals surface area contributed by atoms with Crippen LogP contribution in [0.3, 0.4) is 0 Å².